The third-order valence-corrected chi connectivity index (χ3v) is 10.00. The molecule has 0 saturated heterocycles. The molecule has 0 aliphatic rings. The molecule has 46 heavy (non-hydrogen) atoms. The number of hydrogen-bond acceptors (Lipinski definition) is 4. The molecule has 0 fully saturated rings. The number of benzene rings is 9. The predicted octanol–water partition coefficient (Wildman–Crippen LogP) is 9.44. The van der Waals surface area contributed by atoms with Gasteiger partial charge in [0.15, 0.2) is 0 Å². The van der Waals surface area contributed by atoms with Crippen LogP contribution >= 0.6 is 0 Å². The van der Waals surface area contributed by atoms with Crippen molar-refractivity contribution in [3.63, 3.8) is 0 Å². The van der Waals surface area contributed by atoms with Gasteiger partial charge in [-0.25, -0.2) is 0 Å². The van der Waals surface area contributed by atoms with E-state index in [2.05, 4.69) is 48.5 Å². The van der Waals surface area contributed by atoms with E-state index in [1.807, 2.05) is 60.7 Å². The van der Waals surface area contributed by atoms with Crippen LogP contribution in [0.1, 0.15) is 34.5 Å². The van der Waals surface area contributed by atoms with Gasteiger partial charge in [-0.1, -0.05) is 97.1 Å². The molecule has 2 atom stereocenters. The number of aliphatic hydroxyl groups excluding tert-OH is 2. The van der Waals surface area contributed by atoms with Gasteiger partial charge in [0, 0.05) is 34.4 Å². The molecule has 0 aromatic heterocycles. The molecule has 0 bridgehead atoms. The van der Waals surface area contributed by atoms with E-state index in [-0.39, 0.29) is 11.5 Å². The largest absolute Gasteiger partial charge is 0.507 e. The van der Waals surface area contributed by atoms with Crippen LogP contribution in [0.2, 0.25) is 0 Å². The van der Waals surface area contributed by atoms with E-state index >= 15 is 0 Å². The van der Waals surface area contributed by atoms with Crippen molar-refractivity contribution in [3.05, 3.63) is 144 Å². The van der Waals surface area contributed by atoms with Crippen LogP contribution in [0.15, 0.2) is 121 Å². The first kappa shape index (κ1) is 26.9. The van der Waals surface area contributed by atoms with E-state index in [4.69, 9.17) is 0 Å². The fraction of sp³-hybridized carbons (Fsp3) is 0.0952. The van der Waals surface area contributed by atoms with Crippen molar-refractivity contribution in [2.45, 2.75) is 25.0 Å². The molecule has 2 unspecified atom stereocenters. The topological polar surface area (TPSA) is 80.9 Å². The lowest BCUT2D eigenvalue weighted by Gasteiger charge is -2.18. The molecule has 9 rings (SSSR count). The average Bonchev–Trinajstić information content (AvgIpc) is 3.09. The van der Waals surface area contributed by atoms with E-state index in [1.165, 1.54) is 0 Å². The minimum atomic E-state index is -0.716. The molecular weight excluding hydrogens is 568 g/mol. The third kappa shape index (κ3) is 4.01. The Morgan fingerprint density at radius 3 is 1.04 bits per heavy atom. The van der Waals surface area contributed by atoms with E-state index in [9.17, 15) is 20.4 Å². The van der Waals surface area contributed by atoms with Crippen LogP contribution in [-0.2, 0) is 12.8 Å². The highest BCUT2D eigenvalue weighted by Crippen LogP contribution is 2.42. The summed E-state index contributed by atoms with van der Waals surface area (Å²) in [6.45, 7) is 0. The summed E-state index contributed by atoms with van der Waals surface area (Å²) in [4.78, 5) is 0. The third-order valence-electron chi connectivity index (χ3n) is 10.00. The Bertz CT molecular complexity index is 2400. The maximum absolute atomic E-state index is 11.3. The summed E-state index contributed by atoms with van der Waals surface area (Å²) >= 11 is 0. The van der Waals surface area contributed by atoms with Crippen molar-refractivity contribution in [2.24, 2.45) is 0 Å². The Labute approximate surface area is 264 Å². The van der Waals surface area contributed by atoms with Crippen molar-refractivity contribution in [2.75, 3.05) is 0 Å². The van der Waals surface area contributed by atoms with Gasteiger partial charge in [0.2, 0.25) is 0 Å². The summed E-state index contributed by atoms with van der Waals surface area (Å²) in [6.07, 6.45) is -0.542. The second kappa shape index (κ2) is 10.0. The summed E-state index contributed by atoms with van der Waals surface area (Å²) in [5, 5.41) is 56.2. The monoisotopic (exact) mass is 598 g/mol. The van der Waals surface area contributed by atoms with Gasteiger partial charge in [0.05, 0.1) is 12.2 Å². The molecule has 0 heterocycles. The maximum atomic E-state index is 11.3. The van der Waals surface area contributed by atoms with Crippen LogP contribution in [0, 0.1) is 0 Å². The smallest absolute Gasteiger partial charge is 0.123 e. The number of hydrogen-bond donors (Lipinski definition) is 4. The standard InChI is InChI=1S/C42H30O4/c43-35-19-13-27-7-5-25-9-11-29(31-15-17-33(35)41(27)39(25)31)21-37(45)23-1-2-24(4-3-23)38(46)22-30-12-10-26-6-8-28-14-20-36(44)34-18-16-32(30)40(26)42(28)34/h1-20,37-38,43-46H,21-22H2. The zero-order valence-electron chi connectivity index (χ0n) is 24.9. The van der Waals surface area contributed by atoms with Crippen molar-refractivity contribution < 1.29 is 20.4 Å². The van der Waals surface area contributed by atoms with Crippen LogP contribution in [0.3, 0.4) is 0 Å². The molecule has 9 aromatic carbocycles. The highest BCUT2D eigenvalue weighted by atomic mass is 16.3. The average molecular weight is 599 g/mol. The van der Waals surface area contributed by atoms with Crippen LogP contribution in [0.4, 0.5) is 0 Å². The van der Waals surface area contributed by atoms with Gasteiger partial charge in [0.25, 0.3) is 0 Å². The SMILES string of the molecule is Oc1ccc2ccc3ccc(CC(O)c4ccc(C(O)Cc5ccc6ccc7ccc(O)c8ccc5c6c78)cc4)c4ccc1c2c34. The molecule has 0 aliphatic heterocycles. The second-order valence-corrected chi connectivity index (χ2v) is 12.6. The summed E-state index contributed by atoms with van der Waals surface area (Å²) in [5.41, 5.74) is 3.68. The highest BCUT2D eigenvalue weighted by Gasteiger charge is 2.18. The number of phenols is 2. The normalized spacial score (nSPS) is 13.6. The molecular formula is C42H30O4. The van der Waals surface area contributed by atoms with Gasteiger partial charge in [-0.2, -0.15) is 0 Å². The van der Waals surface area contributed by atoms with Gasteiger partial charge in [-0.3, -0.25) is 0 Å². The Kier molecular flexibility index (Phi) is 5.88. The number of rotatable bonds is 6. The quantitative estimate of drug-likeness (QED) is 0.144. The number of aliphatic hydroxyl groups is 2. The zero-order valence-corrected chi connectivity index (χ0v) is 24.9. The first-order valence-electron chi connectivity index (χ1n) is 15.7. The van der Waals surface area contributed by atoms with Gasteiger partial charge < -0.3 is 20.4 Å². The molecule has 0 spiro atoms. The highest BCUT2D eigenvalue weighted by molar-refractivity contribution is 6.25. The van der Waals surface area contributed by atoms with Crippen molar-refractivity contribution >= 4 is 64.6 Å². The Balaban J connectivity index is 0.997. The van der Waals surface area contributed by atoms with Gasteiger partial charge in [-0.05, 0) is 89.6 Å². The summed E-state index contributed by atoms with van der Waals surface area (Å²) in [7, 11) is 0. The summed E-state index contributed by atoms with van der Waals surface area (Å²) < 4.78 is 0. The van der Waals surface area contributed by atoms with E-state index in [0.29, 0.717) is 12.8 Å². The van der Waals surface area contributed by atoms with Crippen LogP contribution in [0.25, 0.3) is 64.6 Å². The first-order valence-corrected chi connectivity index (χ1v) is 15.7. The van der Waals surface area contributed by atoms with Crippen LogP contribution in [-0.4, -0.2) is 20.4 Å². The molecule has 9 aromatic rings. The minimum absolute atomic E-state index is 0.272. The van der Waals surface area contributed by atoms with Crippen LogP contribution in [0.5, 0.6) is 11.5 Å². The zero-order chi connectivity index (χ0) is 31.1. The molecule has 0 aliphatic carbocycles. The Morgan fingerprint density at radius 1 is 0.348 bits per heavy atom. The van der Waals surface area contributed by atoms with Crippen molar-refractivity contribution in [3.8, 4) is 11.5 Å². The van der Waals surface area contributed by atoms with E-state index in [0.717, 1.165) is 86.9 Å². The van der Waals surface area contributed by atoms with E-state index in [1.54, 1.807) is 12.1 Å². The van der Waals surface area contributed by atoms with Gasteiger partial charge >= 0.3 is 0 Å². The molecule has 0 saturated carbocycles. The molecule has 4 heteroatoms. The molecule has 0 radical (unpaired) electrons. The maximum Gasteiger partial charge on any atom is 0.123 e. The van der Waals surface area contributed by atoms with Crippen molar-refractivity contribution in [1.82, 2.24) is 0 Å². The lowest BCUT2D eigenvalue weighted by atomic mass is 9.88. The minimum Gasteiger partial charge on any atom is -0.507 e. The molecule has 4 nitrogen and oxygen atoms in total. The van der Waals surface area contributed by atoms with Gasteiger partial charge in [-0.15, -0.1) is 0 Å². The molecule has 222 valence electrons. The fourth-order valence-electron chi connectivity index (χ4n) is 7.64. The lowest BCUT2D eigenvalue weighted by molar-refractivity contribution is 0.175. The fourth-order valence-corrected chi connectivity index (χ4v) is 7.64. The summed E-state index contributed by atoms with van der Waals surface area (Å²) in [5.74, 6) is 0.545. The second-order valence-electron chi connectivity index (χ2n) is 12.6. The van der Waals surface area contributed by atoms with Crippen LogP contribution < -0.4 is 0 Å². The summed E-state index contributed by atoms with van der Waals surface area (Å²) in [6, 6.07) is 39.8. The number of aromatic hydroxyl groups is 2. The Morgan fingerprint density at radius 2 is 0.652 bits per heavy atom. The first-order chi connectivity index (χ1) is 22.4. The van der Waals surface area contributed by atoms with Gasteiger partial charge in [0.1, 0.15) is 11.5 Å². The van der Waals surface area contributed by atoms with E-state index < -0.39 is 12.2 Å². The lowest BCUT2D eigenvalue weighted by Crippen LogP contribution is -2.05. The predicted molar refractivity (Wildman–Crippen MR) is 187 cm³/mol. The molecule has 4 N–H and O–H groups in total. The Hall–Kier alpha value is -5.42. The molecule has 0 amide bonds. The van der Waals surface area contributed by atoms with Crippen molar-refractivity contribution in [1.29, 1.82) is 0 Å². The number of phenolic OH excluding ortho intramolecular Hbond substituents is 2.